The maximum absolute atomic E-state index is 12.8. The van der Waals surface area contributed by atoms with Gasteiger partial charge in [-0.3, -0.25) is 9.59 Å². The lowest BCUT2D eigenvalue weighted by Gasteiger charge is -2.37. The average Bonchev–Trinajstić information content (AvgIpc) is 3.05. The molecule has 2 aliphatic rings. The van der Waals surface area contributed by atoms with Crippen LogP contribution in [-0.4, -0.2) is 51.7 Å². The van der Waals surface area contributed by atoms with Gasteiger partial charge in [0.15, 0.2) is 0 Å². The van der Waals surface area contributed by atoms with Crippen LogP contribution in [0.5, 0.6) is 0 Å². The first kappa shape index (κ1) is 19.8. The van der Waals surface area contributed by atoms with E-state index in [4.69, 9.17) is 4.74 Å². The Labute approximate surface area is 161 Å². The van der Waals surface area contributed by atoms with Gasteiger partial charge >= 0.3 is 0 Å². The minimum atomic E-state index is -0.293. The second kappa shape index (κ2) is 8.40. The highest BCUT2D eigenvalue weighted by atomic mass is 16.5. The molecule has 0 spiro atoms. The third-order valence-corrected chi connectivity index (χ3v) is 6.12. The summed E-state index contributed by atoms with van der Waals surface area (Å²) in [5.41, 5.74) is 3.16. The van der Waals surface area contributed by atoms with E-state index in [1.165, 1.54) is 0 Å². The van der Waals surface area contributed by atoms with E-state index < -0.39 is 0 Å². The Hall–Kier alpha value is -1.92. The molecule has 2 fully saturated rings. The fraction of sp³-hybridized carbons (Fsp3) is 0.619. The number of carbonyl (C=O) groups is 2. The van der Waals surface area contributed by atoms with Gasteiger partial charge in [-0.2, -0.15) is 0 Å². The summed E-state index contributed by atoms with van der Waals surface area (Å²) in [7, 11) is 1.71. The maximum atomic E-state index is 12.8. The van der Waals surface area contributed by atoms with E-state index >= 15 is 0 Å². The van der Waals surface area contributed by atoms with E-state index in [1.54, 1.807) is 12.0 Å². The van der Waals surface area contributed by atoms with E-state index in [0.717, 1.165) is 42.7 Å². The van der Waals surface area contributed by atoms with Gasteiger partial charge in [-0.1, -0.05) is 12.1 Å². The van der Waals surface area contributed by atoms with Crippen molar-refractivity contribution in [1.29, 1.82) is 0 Å². The van der Waals surface area contributed by atoms with Gasteiger partial charge in [-0.25, -0.2) is 0 Å². The van der Waals surface area contributed by atoms with Crippen LogP contribution in [0.25, 0.3) is 0 Å². The van der Waals surface area contributed by atoms with Gasteiger partial charge in [0.05, 0.1) is 12.5 Å². The fourth-order valence-corrected chi connectivity index (χ4v) is 4.20. The average molecular weight is 373 g/mol. The van der Waals surface area contributed by atoms with Crippen molar-refractivity contribution in [2.75, 3.05) is 44.8 Å². The van der Waals surface area contributed by atoms with Crippen LogP contribution >= 0.6 is 0 Å². The van der Waals surface area contributed by atoms with Gasteiger partial charge in [-0.15, -0.1) is 0 Å². The van der Waals surface area contributed by atoms with Crippen molar-refractivity contribution in [3.8, 4) is 0 Å². The second-order valence-corrected chi connectivity index (χ2v) is 8.03. The molecule has 1 atom stereocenters. The third kappa shape index (κ3) is 4.33. The number of rotatable bonds is 6. The number of methoxy groups -OCH3 is 1. The lowest BCUT2D eigenvalue weighted by atomic mass is 9.79. The van der Waals surface area contributed by atoms with Crippen LogP contribution in [0.15, 0.2) is 18.2 Å². The minimum absolute atomic E-state index is 0.00884. The largest absolute Gasteiger partial charge is 0.384 e. The van der Waals surface area contributed by atoms with Crippen molar-refractivity contribution in [2.45, 2.75) is 33.1 Å². The number of amides is 2. The number of benzene rings is 1. The van der Waals surface area contributed by atoms with Crippen LogP contribution in [0.3, 0.4) is 0 Å². The SMILES string of the molecule is COCC1(CNC(=O)C2CC(=O)N(c3cccc(C)c3C)C2)CCNCC1. The minimum Gasteiger partial charge on any atom is -0.384 e. The van der Waals surface area contributed by atoms with Crippen LogP contribution in [0, 0.1) is 25.2 Å². The van der Waals surface area contributed by atoms with Crippen molar-refractivity contribution in [2.24, 2.45) is 11.3 Å². The van der Waals surface area contributed by atoms with Crippen LogP contribution in [0.2, 0.25) is 0 Å². The molecule has 6 heteroatoms. The van der Waals surface area contributed by atoms with E-state index in [0.29, 0.717) is 19.7 Å². The highest BCUT2D eigenvalue weighted by Crippen LogP contribution is 2.31. The van der Waals surface area contributed by atoms with Crippen molar-refractivity contribution in [3.63, 3.8) is 0 Å². The molecule has 3 rings (SSSR count). The number of hydrogen-bond donors (Lipinski definition) is 2. The predicted molar refractivity (Wildman–Crippen MR) is 106 cm³/mol. The molecule has 0 radical (unpaired) electrons. The Morgan fingerprint density at radius 1 is 1.33 bits per heavy atom. The lowest BCUT2D eigenvalue weighted by Crippen LogP contribution is -2.48. The molecule has 0 aromatic heterocycles. The number of nitrogens with one attached hydrogen (secondary N) is 2. The molecule has 2 aliphatic heterocycles. The number of carbonyl (C=O) groups excluding carboxylic acids is 2. The lowest BCUT2D eigenvalue weighted by molar-refractivity contribution is -0.127. The summed E-state index contributed by atoms with van der Waals surface area (Å²) in [6.07, 6.45) is 2.25. The zero-order valence-electron chi connectivity index (χ0n) is 16.6. The second-order valence-electron chi connectivity index (χ2n) is 8.03. The zero-order chi connectivity index (χ0) is 19.4. The van der Waals surface area contributed by atoms with Gasteiger partial charge in [0.25, 0.3) is 0 Å². The van der Waals surface area contributed by atoms with Crippen molar-refractivity contribution in [1.82, 2.24) is 10.6 Å². The van der Waals surface area contributed by atoms with Gasteiger partial charge in [-0.05, 0) is 57.0 Å². The molecular formula is C21H31N3O3. The molecule has 2 amide bonds. The normalized spacial score (nSPS) is 22.1. The van der Waals surface area contributed by atoms with E-state index in [1.807, 2.05) is 32.0 Å². The Kier molecular flexibility index (Phi) is 6.17. The number of piperidine rings is 1. The molecule has 0 bridgehead atoms. The van der Waals surface area contributed by atoms with E-state index in [-0.39, 0.29) is 29.6 Å². The summed E-state index contributed by atoms with van der Waals surface area (Å²) in [6, 6.07) is 5.96. The molecule has 0 aliphatic carbocycles. The molecule has 1 aromatic carbocycles. The summed E-state index contributed by atoms with van der Waals surface area (Å²) in [5.74, 6) is -0.291. The fourth-order valence-electron chi connectivity index (χ4n) is 4.20. The first-order chi connectivity index (χ1) is 13.0. The Morgan fingerprint density at radius 2 is 2.07 bits per heavy atom. The maximum Gasteiger partial charge on any atom is 0.227 e. The number of hydrogen-bond acceptors (Lipinski definition) is 4. The molecule has 2 N–H and O–H groups in total. The highest BCUT2D eigenvalue weighted by molar-refractivity contribution is 6.00. The predicted octanol–water partition coefficient (Wildman–Crippen LogP) is 1.79. The quantitative estimate of drug-likeness (QED) is 0.798. The third-order valence-electron chi connectivity index (χ3n) is 6.12. The Balaban J connectivity index is 1.63. The summed E-state index contributed by atoms with van der Waals surface area (Å²) < 4.78 is 5.42. The Morgan fingerprint density at radius 3 is 2.78 bits per heavy atom. The number of ether oxygens (including phenoxy) is 1. The van der Waals surface area contributed by atoms with Crippen LogP contribution in [-0.2, 0) is 14.3 Å². The molecule has 2 saturated heterocycles. The molecule has 148 valence electrons. The van der Waals surface area contributed by atoms with Gasteiger partial charge in [0, 0.05) is 37.7 Å². The van der Waals surface area contributed by atoms with Crippen molar-refractivity contribution < 1.29 is 14.3 Å². The molecule has 6 nitrogen and oxygen atoms in total. The van der Waals surface area contributed by atoms with Crippen LogP contribution in [0.1, 0.15) is 30.4 Å². The number of aryl methyl sites for hydroxylation is 1. The molecular weight excluding hydrogens is 342 g/mol. The molecule has 1 unspecified atom stereocenters. The molecule has 27 heavy (non-hydrogen) atoms. The van der Waals surface area contributed by atoms with Crippen molar-refractivity contribution >= 4 is 17.5 Å². The number of nitrogens with zero attached hydrogens (tertiary/aromatic N) is 1. The summed E-state index contributed by atoms with van der Waals surface area (Å²) in [4.78, 5) is 27.1. The molecule has 2 heterocycles. The molecule has 0 saturated carbocycles. The summed E-state index contributed by atoms with van der Waals surface area (Å²) in [6.45, 7) is 7.66. The highest BCUT2D eigenvalue weighted by Gasteiger charge is 2.38. The first-order valence-electron chi connectivity index (χ1n) is 9.80. The monoisotopic (exact) mass is 373 g/mol. The van der Waals surface area contributed by atoms with Crippen LogP contribution in [0.4, 0.5) is 5.69 Å². The molecule has 1 aromatic rings. The smallest absolute Gasteiger partial charge is 0.227 e. The standard InChI is InChI=1S/C21H31N3O3/c1-15-5-4-6-18(16(15)2)24-12-17(11-19(24)25)20(26)23-13-21(14-27-3)7-9-22-10-8-21/h4-6,17,22H,7-14H2,1-3H3,(H,23,26). The van der Waals surface area contributed by atoms with Crippen molar-refractivity contribution in [3.05, 3.63) is 29.3 Å². The zero-order valence-corrected chi connectivity index (χ0v) is 16.6. The number of anilines is 1. The van der Waals surface area contributed by atoms with Crippen LogP contribution < -0.4 is 15.5 Å². The van der Waals surface area contributed by atoms with Gasteiger partial charge in [0.2, 0.25) is 11.8 Å². The van der Waals surface area contributed by atoms with E-state index in [2.05, 4.69) is 10.6 Å². The summed E-state index contributed by atoms with van der Waals surface area (Å²) >= 11 is 0. The van der Waals surface area contributed by atoms with Gasteiger partial charge in [0.1, 0.15) is 0 Å². The Bertz CT molecular complexity index is 692. The van der Waals surface area contributed by atoms with E-state index in [9.17, 15) is 9.59 Å². The van der Waals surface area contributed by atoms with Gasteiger partial charge < -0.3 is 20.3 Å². The topological polar surface area (TPSA) is 70.7 Å². The summed E-state index contributed by atoms with van der Waals surface area (Å²) in [5, 5.41) is 6.47. The first-order valence-corrected chi connectivity index (χ1v) is 9.80.